The molecule has 1 rings (SSSR count). The Hall–Kier alpha value is -0.0800. The molecule has 2 nitrogen and oxygen atoms in total. The second-order valence-electron chi connectivity index (χ2n) is 3.59. The van der Waals surface area contributed by atoms with E-state index in [0.717, 1.165) is 19.3 Å². The van der Waals surface area contributed by atoms with Gasteiger partial charge in [-0.05, 0) is 38.5 Å². The quantitative estimate of drug-likeness (QED) is 0.618. The predicted octanol–water partition coefficient (Wildman–Crippen LogP) is 0.918. The van der Waals surface area contributed by atoms with Gasteiger partial charge in [0.05, 0.1) is 12.2 Å². The molecule has 0 aromatic rings. The third-order valence-corrected chi connectivity index (χ3v) is 2.48. The lowest BCUT2D eigenvalue weighted by Crippen LogP contribution is -2.22. The molecule has 2 unspecified atom stereocenters. The maximum Gasteiger partial charge on any atom is 0.0569 e. The Balaban J connectivity index is 2.38. The van der Waals surface area contributed by atoms with E-state index in [1.54, 1.807) is 6.92 Å². The van der Waals surface area contributed by atoms with Crippen LogP contribution in [0.25, 0.3) is 0 Å². The minimum absolute atomic E-state index is 0.0775. The van der Waals surface area contributed by atoms with Crippen molar-refractivity contribution in [2.75, 3.05) is 0 Å². The molecule has 0 bridgehead atoms. The summed E-state index contributed by atoms with van der Waals surface area (Å²) in [5.74, 6) is 0. The number of rotatable bonds is 3. The zero-order valence-corrected chi connectivity index (χ0v) is 6.67. The topological polar surface area (TPSA) is 40.5 Å². The van der Waals surface area contributed by atoms with Crippen molar-refractivity contribution >= 4 is 0 Å². The summed E-state index contributed by atoms with van der Waals surface area (Å²) in [4.78, 5) is 0. The second kappa shape index (κ2) is 2.51. The molecule has 0 aliphatic heterocycles. The molecule has 0 heterocycles. The molecule has 1 fully saturated rings. The Morgan fingerprint density at radius 1 is 1.30 bits per heavy atom. The first-order chi connectivity index (χ1) is 4.57. The fourth-order valence-corrected chi connectivity index (χ4v) is 1.54. The molecule has 10 heavy (non-hydrogen) atoms. The van der Waals surface area contributed by atoms with E-state index in [9.17, 15) is 5.11 Å². The summed E-state index contributed by atoms with van der Waals surface area (Å²) >= 11 is 0. The van der Waals surface area contributed by atoms with Gasteiger partial charge in [0.25, 0.3) is 0 Å². The summed E-state index contributed by atoms with van der Waals surface area (Å²) in [6, 6.07) is 0. The van der Waals surface area contributed by atoms with Crippen LogP contribution >= 0.6 is 0 Å². The van der Waals surface area contributed by atoms with Crippen LogP contribution in [0.4, 0.5) is 0 Å². The molecule has 1 aliphatic carbocycles. The molecular formula is C8H16O2. The van der Waals surface area contributed by atoms with Crippen molar-refractivity contribution in [2.24, 2.45) is 5.41 Å². The lowest BCUT2D eigenvalue weighted by Gasteiger charge is -2.19. The normalized spacial score (nSPS) is 27.6. The SMILES string of the molecule is CC(O)CC1(C(C)O)CC1. The van der Waals surface area contributed by atoms with E-state index in [4.69, 9.17) is 5.11 Å². The van der Waals surface area contributed by atoms with Crippen LogP contribution in [0.5, 0.6) is 0 Å². The first-order valence-electron chi connectivity index (χ1n) is 3.93. The van der Waals surface area contributed by atoms with Crippen molar-refractivity contribution in [1.29, 1.82) is 0 Å². The molecule has 2 N–H and O–H groups in total. The van der Waals surface area contributed by atoms with E-state index in [0.29, 0.717) is 0 Å². The maximum absolute atomic E-state index is 9.28. The van der Waals surface area contributed by atoms with E-state index in [2.05, 4.69) is 0 Å². The Kier molecular flexibility index (Phi) is 2.02. The molecule has 0 radical (unpaired) electrons. The van der Waals surface area contributed by atoms with Crippen molar-refractivity contribution < 1.29 is 10.2 Å². The highest BCUT2D eigenvalue weighted by Crippen LogP contribution is 2.52. The van der Waals surface area contributed by atoms with Crippen LogP contribution in [-0.4, -0.2) is 22.4 Å². The standard InChI is InChI=1S/C8H16O2/c1-6(9)5-8(3-4-8)7(2)10/h6-7,9-10H,3-5H2,1-2H3. The highest BCUT2D eigenvalue weighted by atomic mass is 16.3. The molecule has 0 spiro atoms. The van der Waals surface area contributed by atoms with Gasteiger partial charge in [0, 0.05) is 0 Å². The number of hydrogen-bond donors (Lipinski definition) is 2. The average Bonchev–Trinajstić information content (AvgIpc) is 2.46. The molecule has 2 heteroatoms. The summed E-state index contributed by atoms with van der Waals surface area (Å²) in [5, 5.41) is 18.3. The lowest BCUT2D eigenvalue weighted by atomic mass is 9.94. The van der Waals surface area contributed by atoms with Gasteiger partial charge in [-0.3, -0.25) is 0 Å². The first kappa shape index (κ1) is 8.02. The van der Waals surface area contributed by atoms with Crippen LogP contribution in [0.1, 0.15) is 33.1 Å². The van der Waals surface area contributed by atoms with Gasteiger partial charge in [-0.25, -0.2) is 0 Å². The minimum atomic E-state index is -0.267. The smallest absolute Gasteiger partial charge is 0.0569 e. The third kappa shape index (κ3) is 1.50. The molecule has 1 saturated carbocycles. The average molecular weight is 144 g/mol. The van der Waals surface area contributed by atoms with Crippen molar-refractivity contribution in [3.8, 4) is 0 Å². The van der Waals surface area contributed by atoms with E-state index >= 15 is 0 Å². The fourth-order valence-electron chi connectivity index (χ4n) is 1.54. The van der Waals surface area contributed by atoms with Crippen LogP contribution in [0, 0.1) is 5.41 Å². The van der Waals surface area contributed by atoms with Crippen LogP contribution < -0.4 is 0 Å². The molecule has 0 saturated heterocycles. The highest BCUT2D eigenvalue weighted by Gasteiger charge is 2.47. The van der Waals surface area contributed by atoms with Crippen molar-refractivity contribution in [1.82, 2.24) is 0 Å². The largest absolute Gasteiger partial charge is 0.393 e. The zero-order chi connectivity index (χ0) is 7.78. The molecule has 60 valence electrons. The van der Waals surface area contributed by atoms with Crippen LogP contribution in [0.3, 0.4) is 0 Å². The van der Waals surface area contributed by atoms with Gasteiger partial charge in [0.1, 0.15) is 0 Å². The predicted molar refractivity (Wildman–Crippen MR) is 39.6 cm³/mol. The Labute approximate surface area is 61.9 Å². The zero-order valence-electron chi connectivity index (χ0n) is 6.67. The van der Waals surface area contributed by atoms with E-state index in [-0.39, 0.29) is 17.6 Å². The summed E-state index contributed by atoms with van der Waals surface area (Å²) in [6.45, 7) is 3.60. The molecule has 1 aliphatic rings. The van der Waals surface area contributed by atoms with Crippen molar-refractivity contribution in [2.45, 2.75) is 45.3 Å². The fraction of sp³-hybridized carbons (Fsp3) is 1.00. The summed E-state index contributed by atoms with van der Waals surface area (Å²) in [6.07, 6.45) is 2.40. The van der Waals surface area contributed by atoms with Gasteiger partial charge in [0.15, 0.2) is 0 Å². The number of aliphatic hydroxyl groups is 2. The van der Waals surface area contributed by atoms with Gasteiger partial charge >= 0.3 is 0 Å². The first-order valence-corrected chi connectivity index (χ1v) is 3.93. The molecule has 0 aromatic carbocycles. The minimum Gasteiger partial charge on any atom is -0.393 e. The van der Waals surface area contributed by atoms with Gasteiger partial charge in [0.2, 0.25) is 0 Å². The van der Waals surface area contributed by atoms with Gasteiger partial charge in [-0.15, -0.1) is 0 Å². The van der Waals surface area contributed by atoms with E-state index in [1.165, 1.54) is 0 Å². The summed E-state index contributed by atoms with van der Waals surface area (Å²) in [7, 11) is 0. The van der Waals surface area contributed by atoms with E-state index in [1.807, 2.05) is 6.92 Å². The van der Waals surface area contributed by atoms with Gasteiger partial charge < -0.3 is 10.2 Å². The third-order valence-electron chi connectivity index (χ3n) is 2.48. The van der Waals surface area contributed by atoms with E-state index < -0.39 is 0 Å². The van der Waals surface area contributed by atoms with Crippen LogP contribution in [0.2, 0.25) is 0 Å². The van der Waals surface area contributed by atoms with Gasteiger partial charge in [-0.2, -0.15) is 0 Å². The van der Waals surface area contributed by atoms with Crippen molar-refractivity contribution in [3.05, 3.63) is 0 Å². The molecule has 2 atom stereocenters. The molecular weight excluding hydrogens is 128 g/mol. The Morgan fingerprint density at radius 3 is 1.90 bits per heavy atom. The summed E-state index contributed by atoms with van der Waals surface area (Å²) in [5.41, 5.74) is 0.0775. The van der Waals surface area contributed by atoms with Gasteiger partial charge in [-0.1, -0.05) is 0 Å². The number of aliphatic hydroxyl groups excluding tert-OH is 2. The lowest BCUT2D eigenvalue weighted by molar-refractivity contribution is 0.0644. The molecule has 0 amide bonds. The highest BCUT2D eigenvalue weighted by molar-refractivity contribution is 4.97. The Morgan fingerprint density at radius 2 is 1.80 bits per heavy atom. The monoisotopic (exact) mass is 144 g/mol. The second-order valence-corrected chi connectivity index (χ2v) is 3.59. The maximum atomic E-state index is 9.28. The van der Waals surface area contributed by atoms with Crippen LogP contribution in [0.15, 0.2) is 0 Å². The Bertz CT molecular complexity index is 114. The van der Waals surface area contributed by atoms with Crippen molar-refractivity contribution in [3.63, 3.8) is 0 Å². The van der Waals surface area contributed by atoms with Crippen LogP contribution in [-0.2, 0) is 0 Å². The number of hydrogen-bond acceptors (Lipinski definition) is 2. The summed E-state index contributed by atoms with van der Waals surface area (Å²) < 4.78 is 0. The molecule has 0 aromatic heterocycles.